The van der Waals surface area contributed by atoms with Gasteiger partial charge in [0.25, 0.3) is 0 Å². The summed E-state index contributed by atoms with van der Waals surface area (Å²) < 4.78 is 16.0. The van der Waals surface area contributed by atoms with Crippen molar-refractivity contribution in [2.45, 2.75) is 25.3 Å². The second-order valence-electron chi connectivity index (χ2n) is 5.62. The maximum absolute atomic E-state index is 13.8. The van der Waals surface area contributed by atoms with Crippen molar-refractivity contribution in [2.75, 3.05) is 13.1 Å². The molecule has 1 aliphatic heterocycles. The molecule has 116 valence electrons. The van der Waals surface area contributed by atoms with Gasteiger partial charge in [0.2, 0.25) is 5.91 Å². The first-order chi connectivity index (χ1) is 10.6. The van der Waals surface area contributed by atoms with E-state index in [2.05, 4.69) is 17.0 Å². The summed E-state index contributed by atoms with van der Waals surface area (Å²) in [6.07, 6.45) is 5.99. The smallest absolute Gasteiger partial charge is 0.227 e. The molecule has 0 saturated carbocycles. The Morgan fingerprint density at radius 3 is 2.50 bits per heavy atom. The Morgan fingerprint density at radius 2 is 1.86 bits per heavy atom. The lowest BCUT2D eigenvalue weighted by Gasteiger charge is -2.33. The van der Waals surface area contributed by atoms with Crippen LogP contribution in [0, 0.1) is 5.82 Å². The molecule has 3 rings (SSSR count). The maximum Gasteiger partial charge on any atom is 0.227 e. The molecule has 22 heavy (non-hydrogen) atoms. The second kappa shape index (κ2) is 6.53. The summed E-state index contributed by atoms with van der Waals surface area (Å²) in [7, 11) is 0. The third-order valence-electron chi connectivity index (χ3n) is 4.26. The number of halogens is 2. The lowest BCUT2D eigenvalue weighted by atomic mass is 10.0. The average molecular weight is 321 g/mol. The van der Waals surface area contributed by atoms with Crippen LogP contribution >= 0.6 is 11.6 Å². The highest BCUT2D eigenvalue weighted by Crippen LogP contribution is 2.24. The van der Waals surface area contributed by atoms with Crippen molar-refractivity contribution in [3.63, 3.8) is 0 Å². The fourth-order valence-electron chi connectivity index (χ4n) is 2.97. The fraction of sp³-hybridized carbons (Fsp3) is 0.353. The highest BCUT2D eigenvalue weighted by Gasteiger charge is 2.24. The average Bonchev–Trinajstić information content (AvgIpc) is 3.05. The van der Waals surface area contributed by atoms with Gasteiger partial charge in [0.1, 0.15) is 5.82 Å². The van der Waals surface area contributed by atoms with Crippen molar-refractivity contribution >= 4 is 17.5 Å². The van der Waals surface area contributed by atoms with E-state index in [0.717, 1.165) is 12.8 Å². The van der Waals surface area contributed by atoms with Crippen molar-refractivity contribution in [2.24, 2.45) is 0 Å². The molecule has 1 amide bonds. The van der Waals surface area contributed by atoms with E-state index in [4.69, 9.17) is 11.6 Å². The first-order valence-corrected chi connectivity index (χ1v) is 7.86. The number of aromatic nitrogens is 1. The number of benzene rings is 1. The van der Waals surface area contributed by atoms with Gasteiger partial charge in [0.05, 0.1) is 6.42 Å². The summed E-state index contributed by atoms with van der Waals surface area (Å²) in [5.74, 6) is -0.471. The first-order valence-electron chi connectivity index (χ1n) is 7.48. The Balaban J connectivity index is 1.60. The van der Waals surface area contributed by atoms with Gasteiger partial charge in [-0.25, -0.2) is 4.39 Å². The van der Waals surface area contributed by atoms with Crippen LogP contribution in [0.25, 0.3) is 0 Å². The van der Waals surface area contributed by atoms with E-state index in [1.165, 1.54) is 6.07 Å². The Hall–Kier alpha value is -1.81. The van der Waals surface area contributed by atoms with Gasteiger partial charge in [-0.2, -0.15) is 0 Å². The summed E-state index contributed by atoms with van der Waals surface area (Å²) in [5, 5.41) is 0.315. The Kier molecular flexibility index (Phi) is 4.48. The highest BCUT2D eigenvalue weighted by atomic mass is 35.5. The van der Waals surface area contributed by atoms with E-state index < -0.39 is 5.82 Å². The van der Waals surface area contributed by atoms with E-state index >= 15 is 0 Å². The SMILES string of the molecule is O=C(Cc1c(F)cccc1Cl)N1CCC(n2cccc2)CC1. The van der Waals surface area contributed by atoms with Crippen LogP contribution in [0.1, 0.15) is 24.4 Å². The molecule has 0 spiro atoms. The number of nitrogens with zero attached hydrogens (tertiary/aromatic N) is 2. The zero-order chi connectivity index (χ0) is 15.5. The molecule has 1 aliphatic rings. The fourth-order valence-corrected chi connectivity index (χ4v) is 3.20. The Labute approximate surface area is 134 Å². The number of amides is 1. The molecule has 2 heterocycles. The number of hydrogen-bond acceptors (Lipinski definition) is 1. The standard InChI is InChI=1S/C17H18ClFN2O/c18-15-4-3-5-16(19)14(15)12-17(22)21-10-6-13(7-11-21)20-8-1-2-9-20/h1-5,8-9,13H,6-7,10-12H2. The molecular formula is C17H18ClFN2O. The molecule has 1 fully saturated rings. The largest absolute Gasteiger partial charge is 0.351 e. The van der Waals surface area contributed by atoms with Gasteiger partial charge in [0.15, 0.2) is 0 Å². The van der Waals surface area contributed by atoms with E-state index in [1.54, 1.807) is 12.1 Å². The molecule has 0 atom stereocenters. The molecule has 1 saturated heterocycles. The third-order valence-corrected chi connectivity index (χ3v) is 4.61. The lowest BCUT2D eigenvalue weighted by Crippen LogP contribution is -2.39. The van der Waals surface area contributed by atoms with Crippen LogP contribution in [0.4, 0.5) is 4.39 Å². The molecule has 0 N–H and O–H groups in total. The molecule has 5 heteroatoms. The number of piperidine rings is 1. The molecule has 3 nitrogen and oxygen atoms in total. The summed E-state index contributed by atoms with van der Waals surface area (Å²) in [6.45, 7) is 1.40. The van der Waals surface area contributed by atoms with Gasteiger partial charge in [-0.3, -0.25) is 4.79 Å². The number of carbonyl (C=O) groups is 1. The molecule has 1 aromatic carbocycles. The molecule has 0 aliphatic carbocycles. The van der Waals surface area contributed by atoms with Gasteiger partial charge in [-0.05, 0) is 37.1 Å². The maximum atomic E-state index is 13.8. The monoisotopic (exact) mass is 320 g/mol. The number of hydrogen-bond donors (Lipinski definition) is 0. The minimum atomic E-state index is -0.414. The van der Waals surface area contributed by atoms with Crippen molar-refractivity contribution < 1.29 is 9.18 Å². The van der Waals surface area contributed by atoms with Gasteiger partial charge in [-0.15, -0.1) is 0 Å². The Morgan fingerprint density at radius 1 is 1.18 bits per heavy atom. The molecular weight excluding hydrogens is 303 g/mol. The predicted octanol–water partition coefficient (Wildman–Crippen LogP) is 3.69. The van der Waals surface area contributed by atoms with Gasteiger partial charge >= 0.3 is 0 Å². The third kappa shape index (κ3) is 3.17. The summed E-state index contributed by atoms with van der Waals surface area (Å²) in [5.41, 5.74) is 0.293. The highest BCUT2D eigenvalue weighted by molar-refractivity contribution is 6.31. The van der Waals surface area contributed by atoms with Gasteiger partial charge in [0, 0.05) is 42.1 Å². The second-order valence-corrected chi connectivity index (χ2v) is 6.03. The van der Waals surface area contributed by atoms with Crippen LogP contribution in [-0.2, 0) is 11.2 Å². The number of rotatable bonds is 3. The molecule has 0 unspecified atom stereocenters. The van der Waals surface area contributed by atoms with Gasteiger partial charge < -0.3 is 9.47 Å². The predicted molar refractivity (Wildman–Crippen MR) is 84.4 cm³/mol. The topological polar surface area (TPSA) is 25.2 Å². The lowest BCUT2D eigenvalue weighted by molar-refractivity contribution is -0.131. The molecule has 0 bridgehead atoms. The van der Waals surface area contributed by atoms with Crippen LogP contribution in [0.5, 0.6) is 0 Å². The van der Waals surface area contributed by atoms with Crippen LogP contribution in [-0.4, -0.2) is 28.5 Å². The normalized spacial score (nSPS) is 16.0. The van der Waals surface area contributed by atoms with E-state index in [0.29, 0.717) is 29.7 Å². The Bertz CT molecular complexity index is 628. The quantitative estimate of drug-likeness (QED) is 0.846. The van der Waals surface area contributed by atoms with Crippen LogP contribution in [0.2, 0.25) is 5.02 Å². The zero-order valence-corrected chi connectivity index (χ0v) is 13.0. The van der Waals surface area contributed by atoms with Crippen molar-refractivity contribution in [3.05, 3.63) is 59.1 Å². The molecule has 0 radical (unpaired) electrons. The van der Waals surface area contributed by atoms with Crippen LogP contribution in [0.3, 0.4) is 0 Å². The van der Waals surface area contributed by atoms with Crippen molar-refractivity contribution in [1.29, 1.82) is 0 Å². The van der Waals surface area contributed by atoms with E-state index in [-0.39, 0.29) is 12.3 Å². The first kappa shape index (κ1) is 15.1. The minimum Gasteiger partial charge on any atom is -0.351 e. The van der Waals surface area contributed by atoms with Crippen LogP contribution in [0.15, 0.2) is 42.7 Å². The van der Waals surface area contributed by atoms with Crippen molar-refractivity contribution in [3.8, 4) is 0 Å². The molecule has 1 aromatic heterocycles. The van der Waals surface area contributed by atoms with E-state index in [9.17, 15) is 9.18 Å². The minimum absolute atomic E-state index is 0.0275. The van der Waals surface area contributed by atoms with Crippen molar-refractivity contribution in [1.82, 2.24) is 9.47 Å². The summed E-state index contributed by atoms with van der Waals surface area (Å²) in [6, 6.07) is 8.97. The zero-order valence-electron chi connectivity index (χ0n) is 12.2. The summed E-state index contributed by atoms with van der Waals surface area (Å²) >= 11 is 5.99. The van der Waals surface area contributed by atoms with Crippen LogP contribution < -0.4 is 0 Å². The molecule has 2 aromatic rings. The summed E-state index contributed by atoms with van der Waals surface area (Å²) in [4.78, 5) is 14.2. The van der Waals surface area contributed by atoms with E-state index in [1.807, 2.05) is 17.0 Å². The number of carbonyl (C=O) groups excluding carboxylic acids is 1. The van der Waals surface area contributed by atoms with Gasteiger partial charge in [-0.1, -0.05) is 17.7 Å². The number of likely N-dealkylation sites (tertiary alicyclic amines) is 1.